The molecule has 0 fully saturated rings. The highest BCUT2D eigenvalue weighted by Crippen LogP contribution is 2.27. The van der Waals surface area contributed by atoms with Crippen LogP contribution in [0.25, 0.3) is 11.3 Å². The smallest absolute Gasteiger partial charge is 0.273 e. The number of rotatable bonds is 7. The van der Waals surface area contributed by atoms with Gasteiger partial charge in [0, 0.05) is 18.2 Å². The van der Waals surface area contributed by atoms with Crippen LogP contribution in [0.1, 0.15) is 16.1 Å². The maximum absolute atomic E-state index is 13.0. The summed E-state index contributed by atoms with van der Waals surface area (Å²) in [4.78, 5) is 12.2. The van der Waals surface area contributed by atoms with E-state index in [1.807, 2.05) is 18.2 Å². The van der Waals surface area contributed by atoms with E-state index in [0.717, 1.165) is 5.56 Å². The van der Waals surface area contributed by atoms with Crippen LogP contribution >= 0.6 is 0 Å². The second kappa shape index (κ2) is 8.35. The van der Waals surface area contributed by atoms with Crippen LogP contribution in [-0.4, -0.2) is 31.8 Å². The van der Waals surface area contributed by atoms with Gasteiger partial charge in [0.25, 0.3) is 5.91 Å². The van der Waals surface area contributed by atoms with Crippen LogP contribution in [0.15, 0.2) is 53.1 Å². The standard InChI is InChI=1S/C20H19FN2O4/c1-25-17-8-3-13(11-19(17)26-2)9-10-22-20(24)16-12-18(27-23-16)14-4-6-15(21)7-5-14/h3-8,11-12H,9-10H2,1-2H3,(H,22,24). The van der Waals surface area contributed by atoms with Gasteiger partial charge in [-0.25, -0.2) is 4.39 Å². The Kier molecular flexibility index (Phi) is 5.71. The van der Waals surface area contributed by atoms with Gasteiger partial charge in [-0.15, -0.1) is 0 Å². The highest BCUT2D eigenvalue weighted by molar-refractivity contribution is 5.93. The average molecular weight is 370 g/mol. The third-order valence-electron chi connectivity index (χ3n) is 4.02. The monoisotopic (exact) mass is 370 g/mol. The number of amides is 1. The van der Waals surface area contributed by atoms with Crippen LogP contribution in [0.2, 0.25) is 0 Å². The molecule has 3 rings (SSSR count). The highest BCUT2D eigenvalue weighted by atomic mass is 19.1. The Morgan fingerprint density at radius 3 is 2.52 bits per heavy atom. The van der Waals surface area contributed by atoms with Crippen LogP contribution in [0.5, 0.6) is 11.5 Å². The van der Waals surface area contributed by atoms with Gasteiger partial charge in [0.05, 0.1) is 14.2 Å². The number of aromatic nitrogens is 1. The lowest BCUT2D eigenvalue weighted by atomic mass is 10.1. The number of nitrogens with zero attached hydrogens (tertiary/aromatic N) is 1. The van der Waals surface area contributed by atoms with Crippen molar-refractivity contribution in [2.75, 3.05) is 20.8 Å². The lowest BCUT2D eigenvalue weighted by Crippen LogP contribution is -2.25. The quantitative estimate of drug-likeness (QED) is 0.689. The molecule has 0 spiro atoms. The van der Waals surface area contributed by atoms with Crippen molar-refractivity contribution in [1.82, 2.24) is 10.5 Å². The summed E-state index contributed by atoms with van der Waals surface area (Å²) in [6.07, 6.45) is 0.620. The Labute approximate surface area is 155 Å². The van der Waals surface area contributed by atoms with Crippen LogP contribution in [0.4, 0.5) is 4.39 Å². The minimum absolute atomic E-state index is 0.168. The summed E-state index contributed by atoms with van der Waals surface area (Å²) in [5.74, 6) is 1.02. The average Bonchev–Trinajstić information content (AvgIpc) is 3.18. The molecule has 27 heavy (non-hydrogen) atoms. The predicted octanol–water partition coefficient (Wildman–Crippen LogP) is 3.47. The molecule has 0 aliphatic heterocycles. The van der Waals surface area contributed by atoms with Gasteiger partial charge < -0.3 is 19.3 Å². The molecular formula is C20H19FN2O4. The van der Waals surface area contributed by atoms with Crippen LogP contribution in [0, 0.1) is 5.82 Å². The van der Waals surface area contributed by atoms with Gasteiger partial charge in [0.1, 0.15) is 5.82 Å². The number of benzene rings is 2. The minimum Gasteiger partial charge on any atom is -0.493 e. The van der Waals surface area contributed by atoms with Gasteiger partial charge >= 0.3 is 0 Å². The predicted molar refractivity (Wildman–Crippen MR) is 97.5 cm³/mol. The summed E-state index contributed by atoms with van der Waals surface area (Å²) in [7, 11) is 3.16. The Bertz CT molecular complexity index is 922. The molecule has 0 atom stereocenters. The first kappa shape index (κ1) is 18.4. The van der Waals surface area contributed by atoms with Gasteiger partial charge in [-0.05, 0) is 48.4 Å². The molecule has 1 amide bonds. The minimum atomic E-state index is -0.341. The summed E-state index contributed by atoms with van der Waals surface area (Å²) < 4.78 is 28.6. The van der Waals surface area contributed by atoms with Crippen molar-refractivity contribution in [2.24, 2.45) is 0 Å². The number of nitrogens with one attached hydrogen (secondary N) is 1. The fourth-order valence-corrected chi connectivity index (χ4v) is 2.58. The van der Waals surface area contributed by atoms with Crippen LogP contribution in [0.3, 0.4) is 0 Å². The molecule has 0 saturated heterocycles. The third kappa shape index (κ3) is 4.44. The molecule has 3 aromatic rings. The molecule has 0 bridgehead atoms. The van der Waals surface area contributed by atoms with E-state index in [-0.39, 0.29) is 17.4 Å². The van der Waals surface area contributed by atoms with E-state index in [9.17, 15) is 9.18 Å². The summed E-state index contributed by atoms with van der Waals surface area (Å²) in [5, 5.41) is 6.57. The first-order chi connectivity index (χ1) is 13.1. The Morgan fingerprint density at radius 2 is 1.81 bits per heavy atom. The van der Waals surface area contributed by atoms with E-state index >= 15 is 0 Å². The molecule has 1 heterocycles. The SMILES string of the molecule is COc1ccc(CCNC(=O)c2cc(-c3ccc(F)cc3)on2)cc1OC. The molecule has 0 saturated carbocycles. The summed E-state index contributed by atoms with van der Waals surface area (Å²) >= 11 is 0. The molecule has 1 N–H and O–H groups in total. The zero-order chi connectivity index (χ0) is 19.2. The lowest BCUT2D eigenvalue weighted by Gasteiger charge is -2.09. The number of carbonyl (C=O) groups is 1. The number of ether oxygens (including phenoxy) is 2. The summed E-state index contributed by atoms with van der Waals surface area (Å²) in [6.45, 7) is 0.424. The van der Waals surface area contributed by atoms with E-state index in [1.165, 1.54) is 18.2 Å². The number of hydrogen-bond acceptors (Lipinski definition) is 5. The topological polar surface area (TPSA) is 73.6 Å². The Balaban J connectivity index is 1.58. The molecule has 0 unspecified atom stereocenters. The normalized spacial score (nSPS) is 10.5. The molecule has 7 heteroatoms. The van der Waals surface area contributed by atoms with Crippen molar-refractivity contribution < 1.29 is 23.2 Å². The largest absolute Gasteiger partial charge is 0.493 e. The lowest BCUT2D eigenvalue weighted by molar-refractivity contribution is 0.0945. The van der Waals surface area contributed by atoms with Gasteiger partial charge in [-0.2, -0.15) is 0 Å². The number of halogens is 1. The number of methoxy groups -OCH3 is 2. The number of hydrogen-bond donors (Lipinski definition) is 1. The summed E-state index contributed by atoms with van der Waals surface area (Å²) in [6, 6.07) is 12.9. The first-order valence-corrected chi connectivity index (χ1v) is 8.32. The molecule has 0 aliphatic carbocycles. The fourth-order valence-electron chi connectivity index (χ4n) is 2.58. The van der Waals surface area contributed by atoms with Crippen molar-refractivity contribution in [3.8, 4) is 22.8 Å². The van der Waals surface area contributed by atoms with Crippen LogP contribution in [-0.2, 0) is 6.42 Å². The van der Waals surface area contributed by atoms with Crippen molar-refractivity contribution in [1.29, 1.82) is 0 Å². The zero-order valence-electron chi connectivity index (χ0n) is 15.0. The number of carbonyl (C=O) groups excluding carboxylic acids is 1. The Hall–Kier alpha value is -3.35. The molecule has 140 valence electrons. The van der Waals surface area contributed by atoms with E-state index in [0.29, 0.717) is 35.8 Å². The molecule has 0 radical (unpaired) electrons. The molecule has 2 aromatic carbocycles. The molecule has 6 nitrogen and oxygen atoms in total. The third-order valence-corrected chi connectivity index (χ3v) is 4.02. The van der Waals surface area contributed by atoms with Crippen LogP contribution < -0.4 is 14.8 Å². The van der Waals surface area contributed by atoms with E-state index in [1.54, 1.807) is 26.4 Å². The van der Waals surface area contributed by atoms with Gasteiger partial charge in [0.15, 0.2) is 23.0 Å². The van der Waals surface area contributed by atoms with Crippen molar-refractivity contribution in [2.45, 2.75) is 6.42 Å². The highest BCUT2D eigenvalue weighted by Gasteiger charge is 2.13. The van der Waals surface area contributed by atoms with Gasteiger partial charge in [-0.3, -0.25) is 4.79 Å². The second-order valence-electron chi connectivity index (χ2n) is 5.78. The summed E-state index contributed by atoms with van der Waals surface area (Å²) in [5.41, 5.74) is 1.81. The first-order valence-electron chi connectivity index (χ1n) is 8.32. The van der Waals surface area contributed by atoms with Gasteiger partial charge in [-0.1, -0.05) is 11.2 Å². The van der Waals surface area contributed by atoms with Crippen molar-refractivity contribution in [3.05, 3.63) is 65.6 Å². The van der Waals surface area contributed by atoms with E-state index < -0.39 is 0 Å². The maximum atomic E-state index is 13.0. The van der Waals surface area contributed by atoms with Crippen molar-refractivity contribution in [3.63, 3.8) is 0 Å². The fraction of sp³-hybridized carbons (Fsp3) is 0.200. The van der Waals surface area contributed by atoms with E-state index in [4.69, 9.17) is 14.0 Å². The van der Waals surface area contributed by atoms with Gasteiger partial charge in [0.2, 0.25) is 0 Å². The molecular weight excluding hydrogens is 351 g/mol. The Morgan fingerprint density at radius 1 is 1.07 bits per heavy atom. The zero-order valence-corrected chi connectivity index (χ0v) is 15.0. The molecule has 1 aromatic heterocycles. The maximum Gasteiger partial charge on any atom is 0.273 e. The van der Waals surface area contributed by atoms with Crippen molar-refractivity contribution >= 4 is 5.91 Å². The second-order valence-corrected chi connectivity index (χ2v) is 5.78. The van der Waals surface area contributed by atoms with E-state index in [2.05, 4.69) is 10.5 Å². The molecule has 0 aliphatic rings.